The van der Waals surface area contributed by atoms with Crippen LogP contribution in [0.4, 0.5) is 0 Å². The molecule has 1 aliphatic rings. The molecule has 1 amide bonds. The van der Waals surface area contributed by atoms with Gasteiger partial charge in [0.25, 0.3) is 0 Å². The van der Waals surface area contributed by atoms with Gasteiger partial charge in [0.15, 0.2) is 0 Å². The highest BCUT2D eigenvalue weighted by Crippen LogP contribution is 2.28. The van der Waals surface area contributed by atoms with Gasteiger partial charge in [-0.05, 0) is 18.9 Å². The molecule has 6 heteroatoms. The lowest BCUT2D eigenvalue weighted by Gasteiger charge is -2.33. The molecule has 3 N–H and O–H groups in total. The van der Waals surface area contributed by atoms with Gasteiger partial charge in [0.2, 0.25) is 5.91 Å². The van der Waals surface area contributed by atoms with E-state index in [1.165, 1.54) is 6.42 Å². The van der Waals surface area contributed by atoms with Gasteiger partial charge in [-0.25, -0.2) is 0 Å². The fourth-order valence-electron chi connectivity index (χ4n) is 2.62. The zero-order valence-corrected chi connectivity index (χ0v) is 11.3. The average molecular weight is 266 g/mol. The Hall–Kier alpha value is -1.40. The first-order chi connectivity index (χ1) is 9.22. The van der Waals surface area contributed by atoms with Gasteiger partial charge in [0.05, 0.1) is 18.7 Å². The standard InChI is InChI=1S/C13H22N4O2/c1-19-9-10(14)13(18)16-11-5-2-3-6-12(11)17-8-4-7-15-17/h4,7-8,10-12H,2-3,5-6,9,14H2,1H3,(H,16,18). The summed E-state index contributed by atoms with van der Waals surface area (Å²) in [6, 6.07) is 1.63. The van der Waals surface area contributed by atoms with Crippen LogP contribution in [0.2, 0.25) is 0 Å². The number of aromatic nitrogens is 2. The van der Waals surface area contributed by atoms with Gasteiger partial charge < -0.3 is 15.8 Å². The Labute approximate surface area is 113 Å². The van der Waals surface area contributed by atoms with Crippen LogP contribution in [-0.4, -0.2) is 41.5 Å². The minimum atomic E-state index is -0.606. The summed E-state index contributed by atoms with van der Waals surface area (Å²) in [6.07, 6.45) is 8.01. The number of hydrogen-bond acceptors (Lipinski definition) is 4. The highest BCUT2D eigenvalue weighted by atomic mass is 16.5. The molecule has 1 aromatic heterocycles. The van der Waals surface area contributed by atoms with Crippen LogP contribution in [0, 0.1) is 0 Å². The third-order valence-corrected chi connectivity index (χ3v) is 3.60. The molecule has 1 saturated carbocycles. The van der Waals surface area contributed by atoms with Gasteiger partial charge in [0.1, 0.15) is 6.04 Å². The second-order valence-corrected chi connectivity index (χ2v) is 5.01. The van der Waals surface area contributed by atoms with Crippen molar-refractivity contribution in [3.8, 4) is 0 Å². The predicted molar refractivity (Wildman–Crippen MR) is 71.5 cm³/mol. The predicted octanol–water partition coefficient (Wildman–Crippen LogP) is 0.457. The highest BCUT2D eigenvalue weighted by molar-refractivity contribution is 5.81. The van der Waals surface area contributed by atoms with Crippen LogP contribution in [0.25, 0.3) is 0 Å². The first-order valence-electron chi connectivity index (χ1n) is 6.76. The zero-order chi connectivity index (χ0) is 13.7. The second-order valence-electron chi connectivity index (χ2n) is 5.01. The van der Waals surface area contributed by atoms with Crippen molar-refractivity contribution in [3.63, 3.8) is 0 Å². The number of carbonyl (C=O) groups excluding carboxylic acids is 1. The van der Waals surface area contributed by atoms with Gasteiger partial charge in [-0.15, -0.1) is 0 Å². The molecule has 0 bridgehead atoms. The average Bonchev–Trinajstić information content (AvgIpc) is 2.93. The highest BCUT2D eigenvalue weighted by Gasteiger charge is 2.29. The summed E-state index contributed by atoms with van der Waals surface area (Å²) in [4.78, 5) is 12.0. The Morgan fingerprint density at radius 1 is 1.58 bits per heavy atom. The van der Waals surface area contributed by atoms with Crippen molar-refractivity contribution in [1.82, 2.24) is 15.1 Å². The molecule has 0 saturated heterocycles. The molecule has 1 fully saturated rings. The minimum absolute atomic E-state index is 0.101. The lowest BCUT2D eigenvalue weighted by molar-refractivity contribution is -0.124. The number of methoxy groups -OCH3 is 1. The largest absolute Gasteiger partial charge is 0.383 e. The monoisotopic (exact) mass is 266 g/mol. The molecular weight excluding hydrogens is 244 g/mol. The molecule has 2 rings (SSSR count). The number of nitrogens with two attached hydrogens (primary N) is 1. The SMILES string of the molecule is COCC(N)C(=O)NC1CCCCC1n1cccn1. The fourth-order valence-corrected chi connectivity index (χ4v) is 2.62. The summed E-state index contributed by atoms with van der Waals surface area (Å²) in [6.45, 7) is 0.241. The maximum atomic E-state index is 12.0. The zero-order valence-electron chi connectivity index (χ0n) is 11.3. The Kier molecular flexibility index (Phi) is 4.93. The molecule has 3 unspecified atom stereocenters. The van der Waals surface area contributed by atoms with Crippen LogP contribution in [0.3, 0.4) is 0 Å². The van der Waals surface area contributed by atoms with E-state index in [-0.39, 0.29) is 24.6 Å². The molecule has 6 nitrogen and oxygen atoms in total. The molecule has 1 heterocycles. The third kappa shape index (κ3) is 3.54. The third-order valence-electron chi connectivity index (χ3n) is 3.60. The first-order valence-corrected chi connectivity index (χ1v) is 6.76. The number of ether oxygens (including phenoxy) is 1. The molecule has 3 atom stereocenters. The van der Waals surface area contributed by atoms with Gasteiger partial charge >= 0.3 is 0 Å². The molecule has 0 aromatic carbocycles. The molecule has 1 aromatic rings. The van der Waals surface area contributed by atoms with Gasteiger partial charge in [-0.1, -0.05) is 12.8 Å². The van der Waals surface area contributed by atoms with E-state index in [1.807, 2.05) is 16.9 Å². The van der Waals surface area contributed by atoms with Crippen LogP contribution in [0.1, 0.15) is 31.7 Å². The molecule has 0 radical (unpaired) electrons. The van der Waals surface area contributed by atoms with E-state index in [1.54, 1.807) is 13.3 Å². The first kappa shape index (κ1) is 14.0. The van der Waals surface area contributed by atoms with E-state index in [9.17, 15) is 4.79 Å². The van der Waals surface area contributed by atoms with Gasteiger partial charge in [0, 0.05) is 19.5 Å². The number of hydrogen-bond donors (Lipinski definition) is 2. The van der Waals surface area contributed by atoms with Crippen LogP contribution in [0.15, 0.2) is 18.5 Å². The van der Waals surface area contributed by atoms with Crippen LogP contribution >= 0.6 is 0 Å². The van der Waals surface area contributed by atoms with E-state index >= 15 is 0 Å². The molecule has 0 spiro atoms. The Balaban J connectivity index is 1.98. The summed E-state index contributed by atoms with van der Waals surface area (Å²) in [7, 11) is 1.54. The quantitative estimate of drug-likeness (QED) is 0.811. The minimum Gasteiger partial charge on any atom is -0.383 e. The number of nitrogens with one attached hydrogen (secondary N) is 1. The van der Waals surface area contributed by atoms with Crippen molar-refractivity contribution >= 4 is 5.91 Å². The van der Waals surface area contributed by atoms with Crippen molar-refractivity contribution in [3.05, 3.63) is 18.5 Å². The Morgan fingerprint density at radius 2 is 2.37 bits per heavy atom. The van der Waals surface area contributed by atoms with Crippen LogP contribution < -0.4 is 11.1 Å². The number of rotatable bonds is 5. The van der Waals surface area contributed by atoms with Crippen molar-refractivity contribution in [1.29, 1.82) is 0 Å². The van der Waals surface area contributed by atoms with E-state index in [0.29, 0.717) is 0 Å². The van der Waals surface area contributed by atoms with Crippen LogP contribution in [0.5, 0.6) is 0 Å². The normalized spacial score (nSPS) is 24.9. The van der Waals surface area contributed by atoms with Gasteiger partial charge in [-0.2, -0.15) is 5.10 Å². The van der Waals surface area contributed by atoms with E-state index in [2.05, 4.69) is 10.4 Å². The van der Waals surface area contributed by atoms with Gasteiger partial charge in [-0.3, -0.25) is 9.48 Å². The smallest absolute Gasteiger partial charge is 0.239 e. The molecular formula is C13H22N4O2. The summed E-state index contributed by atoms with van der Waals surface area (Å²) >= 11 is 0. The van der Waals surface area contributed by atoms with E-state index in [0.717, 1.165) is 19.3 Å². The van der Waals surface area contributed by atoms with Crippen molar-refractivity contribution in [2.75, 3.05) is 13.7 Å². The number of carbonyl (C=O) groups is 1. The molecule has 106 valence electrons. The van der Waals surface area contributed by atoms with E-state index < -0.39 is 6.04 Å². The molecule has 0 aliphatic heterocycles. The summed E-state index contributed by atoms with van der Waals surface area (Å²) in [5.41, 5.74) is 5.75. The van der Waals surface area contributed by atoms with Crippen molar-refractivity contribution in [2.45, 2.75) is 43.8 Å². The fraction of sp³-hybridized carbons (Fsp3) is 0.692. The number of nitrogens with zero attached hydrogens (tertiary/aromatic N) is 2. The van der Waals surface area contributed by atoms with Crippen molar-refractivity contribution < 1.29 is 9.53 Å². The lowest BCUT2D eigenvalue weighted by atomic mass is 9.90. The molecule has 19 heavy (non-hydrogen) atoms. The van der Waals surface area contributed by atoms with E-state index in [4.69, 9.17) is 10.5 Å². The Morgan fingerprint density at radius 3 is 3.05 bits per heavy atom. The van der Waals surface area contributed by atoms with Crippen molar-refractivity contribution in [2.24, 2.45) is 5.73 Å². The number of amides is 1. The maximum absolute atomic E-state index is 12.0. The second kappa shape index (κ2) is 6.68. The topological polar surface area (TPSA) is 82.2 Å². The maximum Gasteiger partial charge on any atom is 0.239 e. The Bertz CT molecular complexity index is 393. The van der Waals surface area contributed by atoms with Crippen LogP contribution in [-0.2, 0) is 9.53 Å². The summed E-state index contributed by atoms with van der Waals surface area (Å²) in [5.74, 6) is -0.147. The lowest BCUT2D eigenvalue weighted by Crippen LogP contribution is -2.50. The summed E-state index contributed by atoms with van der Waals surface area (Å²) in [5, 5.41) is 7.33. The summed E-state index contributed by atoms with van der Waals surface area (Å²) < 4.78 is 6.85. The molecule has 1 aliphatic carbocycles.